The summed E-state index contributed by atoms with van der Waals surface area (Å²) in [6.07, 6.45) is 3.91. The second-order valence-corrected chi connectivity index (χ2v) is 5.50. The van der Waals surface area contributed by atoms with Crippen molar-refractivity contribution >= 4 is 0 Å². The van der Waals surface area contributed by atoms with Gasteiger partial charge in [-0.3, -0.25) is 0 Å². The maximum absolute atomic E-state index is 3.59. The highest BCUT2D eigenvalue weighted by Crippen LogP contribution is 2.22. The predicted octanol–water partition coefficient (Wildman–Crippen LogP) is 3.21. The third kappa shape index (κ3) is 3.56. The van der Waals surface area contributed by atoms with E-state index >= 15 is 0 Å². The minimum absolute atomic E-state index is 0.427. The van der Waals surface area contributed by atoms with Crippen molar-refractivity contribution in [3.05, 3.63) is 35.4 Å². The molecular weight excluding hydrogens is 220 g/mol. The average molecular weight is 246 g/mol. The van der Waals surface area contributed by atoms with Crippen LogP contribution in [0.5, 0.6) is 0 Å². The van der Waals surface area contributed by atoms with Gasteiger partial charge in [0.25, 0.3) is 0 Å². The number of hydrogen-bond acceptors (Lipinski definition) is 2. The molecule has 2 unspecified atom stereocenters. The monoisotopic (exact) mass is 246 g/mol. The van der Waals surface area contributed by atoms with Crippen molar-refractivity contribution in [1.29, 1.82) is 0 Å². The molecule has 2 nitrogen and oxygen atoms in total. The van der Waals surface area contributed by atoms with Crippen LogP contribution in [0.15, 0.2) is 24.3 Å². The molecule has 2 heteroatoms. The topological polar surface area (TPSA) is 24.1 Å². The van der Waals surface area contributed by atoms with E-state index in [1.807, 2.05) is 7.05 Å². The van der Waals surface area contributed by atoms with Gasteiger partial charge in [0.05, 0.1) is 0 Å². The molecule has 18 heavy (non-hydrogen) atoms. The standard InChI is InChI=1S/C16H26N2/c1-4-12(2)13-5-7-14(8-6-13)16(17-3)11-18-15-9-10-15/h5-8,12,15-18H,4,9-11H2,1-3H3. The Kier molecular flexibility index (Phi) is 4.79. The van der Waals surface area contributed by atoms with Gasteiger partial charge in [0.1, 0.15) is 0 Å². The van der Waals surface area contributed by atoms with Crippen molar-refractivity contribution in [3.63, 3.8) is 0 Å². The van der Waals surface area contributed by atoms with E-state index in [-0.39, 0.29) is 0 Å². The zero-order chi connectivity index (χ0) is 13.0. The molecule has 0 radical (unpaired) electrons. The van der Waals surface area contributed by atoms with Crippen LogP contribution >= 0.6 is 0 Å². The first-order valence-electron chi connectivity index (χ1n) is 7.25. The first-order chi connectivity index (χ1) is 8.74. The van der Waals surface area contributed by atoms with Gasteiger partial charge in [-0.2, -0.15) is 0 Å². The third-order valence-corrected chi connectivity index (χ3v) is 4.06. The van der Waals surface area contributed by atoms with Crippen LogP contribution in [-0.2, 0) is 0 Å². The molecule has 100 valence electrons. The van der Waals surface area contributed by atoms with Crippen LogP contribution in [0.3, 0.4) is 0 Å². The zero-order valence-corrected chi connectivity index (χ0v) is 11.9. The van der Waals surface area contributed by atoms with Crippen LogP contribution in [0.4, 0.5) is 0 Å². The van der Waals surface area contributed by atoms with E-state index in [9.17, 15) is 0 Å². The van der Waals surface area contributed by atoms with Crippen molar-refractivity contribution in [2.24, 2.45) is 0 Å². The van der Waals surface area contributed by atoms with E-state index in [1.165, 1.54) is 30.4 Å². The van der Waals surface area contributed by atoms with E-state index < -0.39 is 0 Å². The third-order valence-electron chi connectivity index (χ3n) is 4.06. The second kappa shape index (κ2) is 6.35. The molecule has 1 aromatic carbocycles. The van der Waals surface area contributed by atoms with Crippen LogP contribution in [0.25, 0.3) is 0 Å². The highest BCUT2D eigenvalue weighted by atomic mass is 15.0. The summed E-state index contributed by atoms with van der Waals surface area (Å²) in [5, 5.41) is 6.99. The Hall–Kier alpha value is -0.860. The van der Waals surface area contributed by atoms with Crippen LogP contribution in [-0.4, -0.2) is 19.6 Å². The molecule has 1 aromatic rings. The maximum atomic E-state index is 3.59. The highest BCUT2D eigenvalue weighted by molar-refractivity contribution is 5.27. The molecule has 0 bridgehead atoms. The van der Waals surface area contributed by atoms with Gasteiger partial charge in [0, 0.05) is 18.6 Å². The van der Waals surface area contributed by atoms with Crippen molar-refractivity contribution in [3.8, 4) is 0 Å². The van der Waals surface area contributed by atoms with Gasteiger partial charge in [-0.25, -0.2) is 0 Å². The number of nitrogens with one attached hydrogen (secondary N) is 2. The normalized spacial score (nSPS) is 18.6. The summed E-state index contributed by atoms with van der Waals surface area (Å²) in [6, 6.07) is 10.3. The summed E-state index contributed by atoms with van der Waals surface area (Å²) in [7, 11) is 2.04. The van der Waals surface area contributed by atoms with Crippen LogP contribution in [0.1, 0.15) is 56.2 Å². The molecule has 1 aliphatic carbocycles. The molecule has 0 amide bonds. The number of benzene rings is 1. The predicted molar refractivity (Wildman–Crippen MR) is 78.0 cm³/mol. The smallest absolute Gasteiger partial charge is 0.0444 e. The van der Waals surface area contributed by atoms with Gasteiger partial charge in [-0.1, -0.05) is 38.1 Å². The molecule has 0 heterocycles. The first-order valence-corrected chi connectivity index (χ1v) is 7.25. The minimum atomic E-state index is 0.427. The summed E-state index contributed by atoms with van der Waals surface area (Å²) in [5.74, 6) is 0.664. The number of rotatable bonds is 7. The summed E-state index contributed by atoms with van der Waals surface area (Å²) in [6.45, 7) is 5.57. The molecule has 0 spiro atoms. The molecule has 0 aliphatic heterocycles. The fraction of sp³-hybridized carbons (Fsp3) is 0.625. The van der Waals surface area contributed by atoms with Gasteiger partial charge in [0.2, 0.25) is 0 Å². The van der Waals surface area contributed by atoms with Crippen molar-refractivity contribution < 1.29 is 0 Å². The molecule has 2 N–H and O–H groups in total. The Morgan fingerprint density at radius 2 is 1.78 bits per heavy atom. The van der Waals surface area contributed by atoms with E-state index in [0.717, 1.165) is 12.6 Å². The van der Waals surface area contributed by atoms with Crippen molar-refractivity contribution in [2.45, 2.75) is 51.1 Å². The molecular formula is C16H26N2. The molecule has 1 fully saturated rings. The Morgan fingerprint density at radius 3 is 2.28 bits per heavy atom. The molecule has 0 aromatic heterocycles. The van der Waals surface area contributed by atoms with Gasteiger partial charge in [-0.15, -0.1) is 0 Å². The highest BCUT2D eigenvalue weighted by Gasteiger charge is 2.21. The molecule has 2 rings (SSSR count). The van der Waals surface area contributed by atoms with Gasteiger partial charge < -0.3 is 10.6 Å². The zero-order valence-electron chi connectivity index (χ0n) is 11.9. The Labute approximate surface area is 111 Å². The lowest BCUT2D eigenvalue weighted by Crippen LogP contribution is -2.30. The largest absolute Gasteiger partial charge is 0.312 e. The quantitative estimate of drug-likeness (QED) is 0.772. The van der Waals surface area contributed by atoms with Crippen LogP contribution in [0, 0.1) is 0 Å². The summed E-state index contributed by atoms with van der Waals surface area (Å²) in [4.78, 5) is 0. The van der Waals surface area contributed by atoms with Crippen molar-refractivity contribution in [2.75, 3.05) is 13.6 Å². The lowest BCUT2D eigenvalue weighted by atomic mass is 9.96. The van der Waals surface area contributed by atoms with Crippen LogP contribution < -0.4 is 10.6 Å². The Balaban J connectivity index is 1.96. The Bertz CT molecular complexity index is 354. The van der Waals surface area contributed by atoms with Crippen LogP contribution in [0.2, 0.25) is 0 Å². The minimum Gasteiger partial charge on any atom is -0.312 e. The fourth-order valence-electron chi connectivity index (χ4n) is 2.25. The van der Waals surface area contributed by atoms with Crippen molar-refractivity contribution in [1.82, 2.24) is 10.6 Å². The summed E-state index contributed by atoms with van der Waals surface area (Å²) >= 11 is 0. The first kappa shape index (κ1) is 13.6. The molecule has 2 atom stereocenters. The maximum Gasteiger partial charge on any atom is 0.0444 e. The van der Waals surface area contributed by atoms with E-state index in [0.29, 0.717) is 12.0 Å². The van der Waals surface area contributed by atoms with Gasteiger partial charge in [0.15, 0.2) is 0 Å². The average Bonchev–Trinajstić information content (AvgIpc) is 3.23. The molecule has 1 saturated carbocycles. The van der Waals surface area contributed by atoms with E-state index in [4.69, 9.17) is 0 Å². The fourth-order valence-corrected chi connectivity index (χ4v) is 2.25. The van der Waals surface area contributed by atoms with E-state index in [1.54, 1.807) is 0 Å². The van der Waals surface area contributed by atoms with Gasteiger partial charge in [-0.05, 0) is 43.4 Å². The van der Waals surface area contributed by atoms with Gasteiger partial charge >= 0.3 is 0 Å². The Morgan fingerprint density at radius 1 is 1.17 bits per heavy atom. The van der Waals surface area contributed by atoms with E-state index in [2.05, 4.69) is 48.7 Å². The number of likely N-dealkylation sites (N-methyl/N-ethyl adjacent to an activating group) is 1. The summed E-state index contributed by atoms with van der Waals surface area (Å²) in [5.41, 5.74) is 2.84. The molecule has 0 saturated heterocycles. The SMILES string of the molecule is CCC(C)c1ccc(C(CNC2CC2)NC)cc1. The second-order valence-electron chi connectivity index (χ2n) is 5.50. The molecule has 1 aliphatic rings. The summed E-state index contributed by atoms with van der Waals surface area (Å²) < 4.78 is 0. The lowest BCUT2D eigenvalue weighted by molar-refractivity contribution is 0.526. The number of hydrogen-bond donors (Lipinski definition) is 2. The lowest BCUT2D eigenvalue weighted by Gasteiger charge is -2.18.